The van der Waals surface area contributed by atoms with Gasteiger partial charge in [-0.05, 0) is 0 Å². The zero-order valence-corrected chi connectivity index (χ0v) is 23.5. The van der Waals surface area contributed by atoms with E-state index in [0.29, 0.717) is 43.0 Å². The topological polar surface area (TPSA) is 71.1 Å². The summed E-state index contributed by atoms with van der Waals surface area (Å²) >= 11 is -4.34. The van der Waals surface area contributed by atoms with Crippen LogP contribution in [0.3, 0.4) is 0 Å². The minimum atomic E-state index is -4.34. The summed E-state index contributed by atoms with van der Waals surface area (Å²) in [5.41, 5.74) is 0.764. The van der Waals surface area contributed by atoms with E-state index in [9.17, 15) is 9.59 Å². The van der Waals surface area contributed by atoms with E-state index in [1.54, 1.807) is 36.4 Å². The van der Waals surface area contributed by atoms with Crippen molar-refractivity contribution in [3.8, 4) is 23.0 Å². The summed E-state index contributed by atoms with van der Waals surface area (Å²) < 4.78 is 23.3. The van der Waals surface area contributed by atoms with Gasteiger partial charge in [0, 0.05) is 0 Å². The number of unbranched alkanes of at least 4 members (excludes halogenated alkanes) is 2. The first-order valence-corrected chi connectivity index (χ1v) is 18.4. The third-order valence-corrected chi connectivity index (χ3v) is 19.4. The van der Waals surface area contributed by atoms with Gasteiger partial charge in [0.15, 0.2) is 0 Å². The van der Waals surface area contributed by atoms with Crippen molar-refractivity contribution in [2.75, 3.05) is 28.4 Å². The Morgan fingerprint density at radius 1 is 0.636 bits per heavy atom. The molecular weight excluding hydrogens is 527 g/mol. The molecule has 0 aromatic heterocycles. The zero-order chi connectivity index (χ0) is 24.4. The van der Waals surface area contributed by atoms with E-state index in [1.807, 2.05) is 0 Å². The van der Waals surface area contributed by atoms with E-state index in [4.69, 9.17) is 18.9 Å². The molecule has 180 valence electrons. The maximum atomic E-state index is 14.5. The standard InChI is InChI=1S/2C9H9O3.2C4H9.Sn/c2*1-11-8-4-3-5-9(12-2)7(8)6-10;2*1-3-4-2;/h2*3-5H,1-2H3;2*1,3-4H2,2H3;. The first-order valence-electron chi connectivity index (χ1n) is 11.5. The van der Waals surface area contributed by atoms with Crippen LogP contribution in [-0.4, -0.2) is 54.4 Å². The summed E-state index contributed by atoms with van der Waals surface area (Å²) in [4.78, 5) is 29.0. The molecule has 6 nitrogen and oxygen atoms in total. The second-order valence-corrected chi connectivity index (χ2v) is 19.6. The molecule has 0 saturated heterocycles. The molecule has 2 aromatic rings. The fraction of sp³-hybridized carbons (Fsp3) is 0.462. The van der Waals surface area contributed by atoms with Crippen LogP contribution in [0, 0.1) is 0 Å². The Labute approximate surface area is 201 Å². The molecule has 33 heavy (non-hydrogen) atoms. The molecule has 0 heterocycles. The predicted octanol–water partition coefficient (Wildman–Crippen LogP) is 5.91. The van der Waals surface area contributed by atoms with Crippen LogP contribution in [0.1, 0.15) is 60.2 Å². The number of carbonyl (C=O) groups excluding carboxylic acids is 2. The van der Waals surface area contributed by atoms with Crippen molar-refractivity contribution in [1.29, 1.82) is 0 Å². The number of rotatable bonds is 14. The van der Waals surface area contributed by atoms with Gasteiger partial charge in [-0.2, -0.15) is 0 Å². The maximum absolute atomic E-state index is 14.5. The number of benzene rings is 2. The molecule has 0 aliphatic rings. The third kappa shape index (κ3) is 5.65. The van der Waals surface area contributed by atoms with Crippen LogP contribution in [0.15, 0.2) is 36.4 Å². The van der Waals surface area contributed by atoms with Crippen LogP contribution in [0.4, 0.5) is 0 Å². The molecule has 0 radical (unpaired) electrons. The number of hydrogen-bond donors (Lipinski definition) is 0. The third-order valence-electron chi connectivity index (χ3n) is 6.09. The van der Waals surface area contributed by atoms with E-state index in [0.717, 1.165) is 25.7 Å². The van der Waals surface area contributed by atoms with Gasteiger partial charge in [0.1, 0.15) is 0 Å². The predicted molar refractivity (Wildman–Crippen MR) is 133 cm³/mol. The number of hydrogen-bond acceptors (Lipinski definition) is 6. The van der Waals surface area contributed by atoms with E-state index < -0.39 is 18.4 Å². The van der Waals surface area contributed by atoms with Gasteiger partial charge in [-0.3, -0.25) is 0 Å². The van der Waals surface area contributed by atoms with Crippen molar-refractivity contribution >= 4 is 26.0 Å². The Bertz CT molecular complexity index is 834. The summed E-state index contributed by atoms with van der Waals surface area (Å²) in [5.74, 6) is 1.75. The fourth-order valence-electron chi connectivity index (χ4n) is 4.27. The van der Waals surface area contributed by atoms with Crippen molar-refractivity contribution in [3.05, 3.63) is 47.5 Å². The first-order chi connectivity index (χ1) is 15.9. The summed E-state index contributed by atoms with van der Waals surface area (Å²) in [6, 6.07) is 10.6. The molecule has 0 atom stereocenters. The number of methoxy groups -OCH3 is 4. The van der Waals surface area contributed by atoms with Crippen molar-refractivity contribution in [3.63, 3.8) is 0 Å². The normalized spacial score (nSPS) is 11.1. The quantitative estimate of drug-likeness (QED) is 0.266. The Hall–Kier alpha value is -2.22. The van der Waals surface area contributed by atoms with Crippen LogP contribution >= 0.6 is 0 Å². The van der Waals surface area contributed by atoms with Crippen LogP contribution in [0.2, 0.25) is 8.87 Å². The molecule has 0 bridgehead atoms. The summed E-state index contributed by atoms with van der Waals surface area (Å²) in [5, 5.41) is 0. The van der Waals surface area contributed by atoms with Crippen molar-refractivity contribution in [2.45, 2.75) is 48.4 Å². The van der Waals surface area contributed by atoms with Crippen LogP contribution in [0.25, 0.3) is 0 Å². The monoisotopic (exact) mass is 564 g/mol. The van der Waals surface area contributed by atoms with Crippen molar-refractivity contribution in [2.24, 2.45) is 0 Å². The second kappa shape index (κ2) is 12.9. The molecule has 0 spiro atoms. The summed E-state index contributed by atoms with van der Waals surface area (Å²) in [6.45, 7) is 4.16. The minimum absolute atomic E-state index is 0.0848. The zero-order valence-electron chi connectivity index (χ0n) is 20.7. The number of carbonyl (C=O) groups is 2. The van der Waals surface area contributed by atoms with E-state index in [2.05, 4.69) is 13.8 Å². The van der Waals surface area contributed by atoms with E-state index in [1.165, 1.54) is 28.4 Å². The molecule has 2 aromatic carbocycles. The molecule has 0 fully saturated rings. The van der Waals surface area contributed by atoms with Crippen LogP contribution in [0.5, 0.6) is 23.0 Å². The molecule has 0 aliphatic heterocycles. The van der Waals surface area contributed by atoms with Crippen molar-refractivity contribution < 1.29 is 28.5 Å². The van der Waals surface area contributed by atoms with Gasteiger partial charge in [-0.15, -0.1) is 0 Å². The molecule has 0 amide bonds. The molecule has 0 unspecified atom stereocenters. The second-order valence-electron chi connectivity index (χ2n) is 8.02. The Morgan fingerprint density at radius 2 is 0.939 bits per heavy atom. The molecule has 7 heteroatoms. The molecule has 0 saturated carbocycles. The van der Waals surface area contributed by atoms with E-state index >= 15 is 0 Å². The molecule has 2 rings (SSSR count). The molecule has 0 aliphatic carbocycles. The Morgan fingerprint density at radius 3 is 1.18 bits per heavy atom. The van der Waals surface area contributed by atoms with E-state index in [-0.39, 0.29) is 7.60 Å². The Kier molecular flexibility index (Phi) is 10.5. The van der Waals surface area contributed by atoms with Crippen molar-refractivity contribution in [1.82, 2.24) is 0 Å². The van der Waals surface area contributed by atoms with Gasteiger partial charge in [0.05, 0.1) is 0 Å². The van der Waals surface area contributed by atoms with Gasteiger partial charge in [0.25, 0.3) is 0 Å². The van der Waals surface area contributed by atoms with Gasteiger partial charge in [-0.1, -0.05) is 0 Å². The summed E-state index contributed by atoms with van der Waals surface area (Å²) in [7, 11) is 6.13. The van der Waals surface area contributed by atoms with Gasteiger partial charge in [-0.25, -0.2) is 0 Å². The summed E-state index contributed by atoms with van der Waals surface area (Å²) in [6.07, 6.45) is 3.42. The SMILES string of the molecule is CCC[CH2][Sn]([CH2]CCC)([C](=O)c1c(OC)cccc1OC)[C](=O)c1c(OC)cccc1OC. The first kappa shape index (κ1) is 27.0. The Balaban J connectivity index is 2.83. The number of ether oxygens (including phenoxy) is 4. The molecule has 0 N–H and O–H groups in total. The van der Waals surface area contributed by atoms with Gasteiger partial charge in [0.2, 0.25) is 0 Å². The fourth-order valence-corrected chi connectivity index (χ4v) is 17.8. The molecular formula is C26H36O6Sn. The average Bonchev–Trinajstić information content (AvgIpc) is 2.86. The van der Waals surface area contributed by atoms with Gasteiger partial charge >= 0.3 is 202 Å². The average molecular weight is 563 g/mol. The van der Waals surface area contributed by atoms with Crippen LogP contribution < -0.4 is 18.9 Å². The van der Waals surface area contributed by atoms with Crippen LogP contribution in [-0.2, 0) is 0 Å². The van der Waals surface area contributed by atoms with Gasteiger partial charge < -0.3 is 0 Å².